The van der Waals surface area contributed by atoms with Crippen LogP contribution < -0.4 is 21.5 Å². The molecule has 0 aromatic heterocycles. The first-order valence-electron chi connectivity index (χ1n) is 5.15. The van der Waals surface area contributed by atoms with Crippen molar-refractivity contribution in [3.05, 3.63) is 23.8 Å². The maximum atomic E-state index is 10.6. The van der Waals surface area contributed by atoms with Gasteiger partial charge in [0.1, 0.15) is 11.4 Å². The van der Waals surface area contributed by atoms with Gasteiger partial charge in [0.2, 0.25) is 5.96 Å². The number of nitrogens with zero attached hydrogens (tertiary/aromatic N) is 1. The molecule has 0 aliphatic heterocycles. The number of para-hydroxylation sites is 1. The highest BCUT2D eigenvalue weighted by atomic mass is 16.5. The van der Waals surface area contributed by atoms with E-state index in [1.807, 2.05) is 19.1 Å². The number of hydrogen-bond acceptors (Lipinski definition) is 3. The summed E-state index contributed by atoms with van der Waals surface area (Å²) >= 11 is 0. The molecule has 0 saturated carbocycles. The number of ether oxygens (including phenoxy) is 1. The molecule has 2 amide bonds. The highest BCUT2D eigenvalue weighted by Gasteiger charge is 2.07. The lowest BCUT2D eigenvalue weighted by molar-refractivity contribution is 0.253. The number of hydrogen-bond donors (Lipinski definition) is 3. The Balaban J connectivity index is 3.14. The molecule has 0 fully saturated rings. The number of carbonyl (C=O) groups is 1. The van der Waals surface area contributed by atoms with Crippen molar-refractivity contribution in [2.75, 3.05) is 7.11 Å². The number of aliphatic imine (C=N–C) groups is 1. The quantitative estimate of drug-likeness (QED) is 0.536. The molecule has 0 spiro atoms. The number of methoxy groups -OCH3 is 1. The normalized spacial score (nSPS) is 11.1. The molecule has 0 atom stereocenters. The monoisotopic (exact) mass is 236 g/mol. The average Bonchev–Trinajstić information content (AvgIpc) is 2.28. The zero-order chi connectivity index (χ0) is 12.8. The Labute approximate surface area is 99.7 Å². The number of nitrogens with one attached hydrogen (secondary N) is 1. The van der Waals surface area contributed by atoms with Crippen molar-refractivity contribution < 1.29 is 9.53 Å². The Hall–Kier alpha value is -2.24. The molecular formula is C11H16N4O2. The predicted molar refractivity (Wildman–Crippen MR) is 66.4 cm³/mol. The summed E-state index contributed by atoms with van der Waals surface area (Å²) in [6.45, 7) is 1.99. The van der Waals surface area contributed by atoms with Gasteiger partial charge in [-0.05, 0) is 18.1 Å². The van der Waals surface area contributed by atoms with Crippen LogP contribution in [0.15, 0.2) is 23.2 Å². The van der Waals surface area contributed by atoms with Gasteiger partial charge in [-0.2, -0.15) is 0 Å². The summed E-state index contributed by atoms with van der Waals surface area (Å²) in [7, 11) is 1.55. The molecule has 5 N–H and O–H groups in total. The summed E-state index contributed by atoms with van der Waals surface area (Å²) in [6, 6.07) is 4.81. The second-order valence-electron chi connectivity index (χ2n) is 3.31. The number of urea groups is 1. The lowest BCUT2D eigenvalue weighted by atomic mass is 10.1. The van der Waals surface area contributed by atoms with Gasteiger partial charge in [-0.25, -0.2) is 9.79 Å². The van der Waals surface area contributed by atoms with Crippen LogP contribution in [0.5, 0.6) is 5.75 Å². The lowest BCUT2D eigenvalue weighted by Crippen LogP contribution is -2.40. The van der Waals surface area contributed by atoms with E-state index >= 15 is 0 Å². The fraction of sp³-hybridized carbons (Fsp3) is 0.273. The highest BCUT2D eigenvalue weighted by molar-refractivity contribution is 5.96. The number of nitrogens with two attached hydrogens (primary N) is 2. The number of carbonyl (C=O) groups excluding carboxylic acids is 1. The molecular weight excluding hydrogens is 220 g/mol. The zero-order valence-electron chi connectivity index (χ0n) is 9.86. The van der Waals surface area contributed by atoms with Crippen LogP contribution in [0.4, 0.5) is 10.5 Å². The number of guanidine groups is 1. The first-order chi connectivity index (χ1) is 8.08. The van der Waals surface area contributed by atoms with Gasteiger partial charge in [0.05, 0.1) is 7.11 Å². The first-order valence-corrected chi connectivity index (χ1v) is 5.15. The average molecular weight is 236 g/mol. The molecule has 0 unspecified atom stereocenters. The van der Waals surface area contributed by atoms with Crippen molar-refractivity contribution in [3.8, 4) is 5.75 Å². The number of benzene rings is 1. The van der Waals surface area contributed by atoms with Crippen LogP contribution in [-0.4, -0.2) is 19.1 Å². The molecule has 0 radical (unpaired) electrons. The van der Waals surface area contributed by atoms with Gasteiger partial charge >= 0.3 is 6.03 Å². The number of rotatable bonds is 3. The third-order valence-corrected chi connectivity index (χ3v) is 2.17. The van der Waals surface area contributed by atoms with Crippen LogP contribution in [0.3, 0.4) is 0 Å². The fourth-order valence-electron chi connectivity index (χ4n) is 1.42. The van der Waals surface area contributed by atoms with E-state index in [1.165, 1.54) is 0 Å². The highest BCUT2D eigenvalue weighted by Crippen LogP contribution is 2.31. The molecule has 0 bridgehead atoms. The van der Waals surface area contributed by atoms with Crippen LogP contribution in [-0.2, 0) is 6.42 Å². The minimum atomic E-state index is -0.751. The van der Waals surface area contributed by atoms with E-state index in [2.05, 4.69) is 10.3 Å². The smallest absolute Gasteiger partial charge is 0.318 e. The second kappa shape index (κ2) is 5.74. The van der Waals surface area contributed by atoms with Crippen LogP contribution in [0.1, 0.15) is 12.5 Å². The van der Waals surface area contributed by atoms with Crippen molar-refractivity contribution in [2.24, 2.45) is 16.5 Å². The van der Waals surface area contributed by atoms with Gasteiger partial charge in [0.15, 0.2) is 0 Å². The Morgan fingerprint density at radius 3 is 2.71 bits per heavy atom. The van der Waals surface area contributed by atoms with Gasteiger partial charge < -0.3 is 16.2 Å². The van der Waals surface area contributed by atoms with E-state index < -0.39 is 6.03 Å². The first kappa shape index (κ1) is 12.8. The topological polar surface area (TPSA) is 103 Å². The van der Waals surface area contributed by atoms with Crippen LogP contribution in [0.2, 0.25) is 0 Å². The van der Waals surface area contributed by atoms with E-state index in [0.717, 1.165) is 12.0 Å². The summed E-state index contributed by atoms with van der Waals surface area (Å²) < 4.78 is 5.19. The van der Waals surface area contributed by atoms with Crippen LogP contribution in [0.25, 0.3) is 0 Å². The van der Waals surface area contributed by atoms with E-state index in [4.69, 9.17) is 16.2 Å². The summed E-state index contributed by atoms with van der Waals surface area (Å²) in [6.07, 6.45) is 0.778. The van der Waals surface area contributed by atoms with Gasteiger partial charge in [-0.1, -0.05) is 19.1 Å². The van der Waals surface area contributed by atoms with E-state index in [-0.39, 0.29) is 5.96 Å². The second-order valence-corrected chi connectivity index (χ2v) is 3.31. The minimum absolute atomic E-state index is 0.0586. The molecule has 1 aromatic rings. The molecule has 0 heterocycles. The summed E-state index contributed by atoms with van der Waals surface area (Å²) in [5.74, 6) is 0.537. The van der Waals surface area contributed by atoms with Crippen molar-refractivity contribution in [1.29, 1.82) is 0 Å². The molecule has 1 rings (SSSR count). The molecule has 92 valence electrons. The SMILES string of the molecule is CCc1cccc(OC)c1N=C(N)NC(N)=O. The molecule has 0 saturated heterocycles. The molecule has 17 heavy (non-hydrogen) atoms. The molecule has 0 aliphatic rings. The van der Waals surface area contributed by atoms with Crippen molar-refractivity contribution in [3.63, 3.8) is 0 Å². The predicted octanol–water partition coefficient (Wildman–Crippen LogP) is 0.872. The number of primary amides is 1. The molecule has 1 aromatic carbocycles. The van der Waals surface area contributed by atoms with Gasteiger partial charge in [-0.3, -0.25) is 5.32 Å². The van der Waals surface area contributed by atoms with Crippen LogP contribution in [0, 0.1) is 0 Å². The summed E-state index contributed by atoms with van der Waals surface area (Å²) in [4.78, 5) is 14.7. The minimum Gasteiger partial charge on any atom is -0.494 e. The summed E-state index contributed by atoms with van der Waals surface area (Å²) in [5.41, 5.74) is 12.1. The Kier molecular flexibility index (Phi) is 4.33. The zero-order valence-corrected chi connectivity index (χ0v) is 9.86. The largest absolute Gasteiger partial charge is 0.494 e. The van der Waals surface area contributed by atoms with Crippen molar-refractivity contribution >= 4 is 17.7 Å². The third-order valence-electron chi connectivity index (χ3n) is 2.17. The maximum absolute atomic E-state index is 10.6. The van der Waals surface area contributed by atoms with Crippen LogP contribution >= 0.6 is 0 Å². The number of aryl methyl sites for hydroxylation is 1. The molecule has 6 heteroatoms. The Morgan fingerprint density at radius 2 is 2.18 bits per heavy atom. The molecule has 6 nitrogen and oxygen atoms in total. The van der Waals surface area contributed by atoms with Crippen molar-refractivity contribution in [2.45, 2.75) is 13.3 Å². The molecule has 0 aliphatic carbocycles. The third kappa shape index (κ3) is 3.37. The standard InChI is InChI=1S/C11H16N4O2/c1-3-7-5-4-6-8(17-2)9(7)14-10(12)15-11(13)16/h4-6H,3H2,1-2H3,(H5,12,13,14,15,16). The van der Waals surface area contributed by atoms with E-state index in [1.54, 1.807) is 13.2 Å². The fourth-order valence-corrected chi connectivity index (χ4v) is 1.42. The van der Waals surface area contributed by atoms with E-state index in [0.29, 0.717) is 11.4 Å². The van der Waals surface area contributed by atoms with Crippen molar-refractivity contribution in [1.82, 2.24) is 5.32 Å². The Morgan fingerprint density at radius 1 is 1.47 bits per heavy atom. The number of amides is 2. The van der Waals surface area contributed by atoms with Gasteiger partial charge in [-0.15, -0.1) is 0 Å². The van der Waals surface area contributed by atoms with E-state index in [9.17, 15) is 4.79 Å². The lowest BCUT2D eigenvalue weighted by Gasteiger charge is -2.09. The maximum Gasteiger partial charge on any atom is 0.318 e. The van der Waals surface area contributed by atoms with Gasteiger partial charge in [0.25, 0.3) is 0 Å². The van der Waals surface area contributed by atoms with Gasteiger partial charge in [0, 0.05) is 0 Å². The summed E-state index contributed by atoms with van der Waals surface area (Å²) in [5, 5.41) is 2.20. The Bertz CT molecular complexity index is 421.